The summed E-state index contributed by atoms with van der Waals surface area (Å²) in [6.45, 7) is 2.58. The first-order chi connectivity index (χ1) is 20.7. The Morgan fingerprint density at radius 2 is 1.00 bits per heavy atom. The number of fused-ring (bicyclic) bond motifs is 1. The number of ether oxygens (including phenoxy) is 2. The number of hydrogen-bond donors (Lipinski definition) is 2. The molecule has 0 aliphatic carbocycles. The minimum absolute atomic E-state index is 0.0815. The van der Waals surface area contributed by atoms with E-state index in [-0.39, 0.29) is 11.8 Å². The summed E-state index contributed by atoms with van der Waals surface area (Å²) < 4.78 is 11.4. The molecule has 4 aromatic rings. The molecule has 2 aromatic carbocycles. The van der Waals surface area contributed by atoms with Crippen LogP contribution in [0.25, 0.3) is 11.0 Å². The fourth-order valence-corrected chi connectivity index (χ4v) is 4.41. The highest BCUT2D eigenvalue weighted by molar-refractivity contribution is 5.92. The van der Waals surface area contributed by atoms with Gasteiger partial charge in [-0.05, 0) is 61.1 Å². The number of rotatable bonds is 18. The molecule has 2 amide bonds. The lowest BCUT2D eigenvalue weighted by Gasteiger charge is -2.08. The predicted octanol–water partition coefficient (Wildman–Crippen LogP) is 7.06. The molecule has 8 nitrogen and oxygen atoms in total. The van der Waals surface area contributed by atoms with E-state index in [9.17, 15) is 9.59 Å². The van der Waals surface area contributed by atoms with Gasteiger partial charge in [0.05, 0.1) is 13.2 Å². The SMILES string of the molecule is O=C(CCCCCOCc1ccccc1)Nc1ccc2ccc(NC(=O)CCCCCOCc3ccccc3)nc2n1. The summed E-state index contributed by atoms with van der Waals surface area (Å²) in [5.74, 6) is 0.734. The van der Waals surface area contributed by atoms with Crippen molar-refractivity contribution in [3.63, 3.8) is 0 Å². The molecule has 8 heteroatoms. The van der Waals surface area contributed by atoms with Crippen molar-refractivity contribution in [3.8, 4) is 0 Å². The van der Waals surface area contributed by atoms with E-state index in [4.69, 9.17) is 9.47 Å². The minimum Gasteiger partial charge on any atom is -0.377 e. The summed E-state index contributed by atoms with van der Waals surface area (Å²) in [7, 11) is 0. The van der Waals surface area contributed by atoms with E-state index < -0.39 is 0 Å². The van der Waals surface area contributed by atoms with Gasteiger partial charge in [0.2, 0.25) is 11.8 Å². The monoisotopic (exact) mass is 568 g/mol. The number of hydrogen-bond acceptors (Lipinski definition) is 6. The molecular formula is C34H40N4O4. The van der Waals surface area contributed by atoms with E-state index >= 15 is 0 Å². The molecule has 0 radical (unpaired) electrons. The molecule has 0 unspecified atom stereocenters. The molecule has 0 saturated carbocycles. The maximum absolute atomic E-state index is 12.4. The molecule has 0 aliphatic rings. The molecule has 2 N–H and O–H groups in total. The van der Waals surface area contributed by atoms with E-state index in [1.165, 1.54) is 0 Å². The van der Waals surface area contributed by atoms with Crippen LogP contribution >= 0.6 is 0 Å². The van der Waals surface area contributed by atoms with E-state index in [2.05, 4.69) is 20.6 Å². The van der Waals surface area contributed by atoms with Gasteiger partial charge < -0.3 is 20.1 Å². The van der Waals surface area contributed by atoms with Crippen LogP contribution in [0.3, 0.4) is 0 Å². The number of aromatic nitrogens is 2. The van der Waals surface area contributed by atoms with Crippen molar-refractivity contribution in [1.82, 2.24) is 9.97 Å². The molecule has 2 heterocycles. The van der Waals surface area contributed by atoms with Gasteiger partial charge in [-0.15, -0.1) is 0 Å². The predicted molar refractivity (Wildman–Crippen MR) is 166 cm³/mol. The normalized spacial score (nSPS) is 11.0. The van der Waals surface area contributed by atoms with Gasteiger partial charge >= 0.3 is 0 Å². The number of anilines is 2. The summed E-state index contributed by atoms with van der Waals surface area (Å²) >= 11 is 0. The summed E-state index contributed by atoms with van der Waals surface area (Å²) in [6, 6.07) is 27.4. The lowest BCUT2D eigenvalue weighted by atomic mass is 10.2. The Labute approximate surface area is 247 Å². The number of benzene rings is 2. The zero-order valence-corrected chi connectivity index (χ0v) is 24.1. The zero-order valence-electron chi connectivity index (χ0n) is 24.1. The highest BCUT2D eigenvalue weighted by Crippen LogP contribution is 2.17. The van der Waals surface area contributed by atoms with Gasteiger partial charge in [0.15, 0.2) is 5.65 Å². The number of nitrogens with one attached hydrogen (secondary N) is 2. The van der Waals surface area contributed by atoms with E-state index in [1.807, 2.05) is 72.8 Å². The second-order valence-corrected chi connectivity index (χ2v) is 10.2. The van der Waals surface area contributed by atoms with Crippen molar-refractivity contribution in [2.75, 3.05) is 23.8 Å². The van der Waals surface area contributed by atoms with Crippen LogP contribution in [0.15, 0.2) is 84.9 Å². The fraction of sp³-hybridized carbons (Fsp3) is 0.353. The first kappa shape index (κ1) is 30.8. The van der Waals surface area contributed by atoms with E-state index in [0.717, 1.165) is 55.0 Å². The Kier molecular flexibility index (Phi) is 12.9. The second-order valence-electron chi connectivity index (χ2n) is 10.2. The third-order valence-electron chi connectivity index (χ3n) is 6.70. The van der Waals surface area contributed by atoms with Crippen molar-refractivity contribution < 1.29 is 19.1 Å². The van der Waals surface area contributed by atoms with Crippen LogP contribution in [0.1, 0.15) is 62.5 Å². The number of amides is 2. The average Bonchev–Trinajstić information content (AvgIpc) is 3.01. The number of nitrogens with zero attached hydrogens (tertiary/aromatic N) is 2. The summed E-state index contributed by atoms with van der Waals surface area (Å²) in [4.78, 5) is 33.8. The average molecular weight is 569 g/mol. The molecule has 42 heavy (non-hydrogen) atoms. The Balaban J connectivity index is 1.10. The Morgan fingerprint density at radius 1 is 0.548 bits per heavy atom. The number of pyridine rings is 2. The zero-order chi connectivity index (χ0) is 29.2. The minimum atomic E-state index is -0.0815. The van der Waals surface area contributed by atoms with Crippen molar-refractivity contribution in [1.29, 1.82) is 0 Å². The van der Waals surface area contributed by atoms with Crippen LogP contribution in [0.4, 0.5) is 11.6 Å². The van der Waals surface area contributed by atoms with Gasteiger partial charge in [-0.3, -0.25) is 9.59 Å². The number of unbranched alkanes of at least 4 members (excludes halogenated alkanes) is 4. The lowest BCUT2D eigenvalue weighted by molar-refractivity contribution is -0.117. The lowest BCUT2D eigenvalue weighted by Crippen LogP contribution is -2.13. The Morgan fingerprint density at radius 3 is 1.45 bits per heavy atom. The smallest absolute Gasteiger partial charge is 0.225 e. The van der Waals surface area contributed by atoms with Crippen LogP contribution in [0, 0.1) is 0 Å². The number of carbonyl (C=O) groups is 2. The van der Waals surface area contributed by atoms with Gasteiger partial charge in [0, 0.05) is 31.4 Å². The third-order valence-corrected chi connectivity index (χ3v) is 6.70. The highest BCUT2D eigenvalue weighted by Gasteiger charge is 2.08. The Hall–Kier alpha value is -4.14. The van der Waals surface area contributed by atoms with Crippen molar-refractivity contribution in [3.05, 3.63) is 96.1 Å². The van der Waals surface area contributed by atoms with Gasteiger partial charge in [0.1, 0.15) is 11.6 Å². The molecule has 220 valence electrons. The van der Waals surface area contributed by atoms with Crippen molar-refractivity contribution in [2.24, 2.45) is 0 Å². The van der Waals surface area contributed by atoms with Gasteiger partial charge in [-0.1, -0.05) is 73.5 Å². The molecule has 0 bridgehead atoms. The number of carbonyl (C=O) groups excluding carboxylic acids is 2. The Bertz CT molecular complexity index is 1280. The summed E-state index contributed by atoms with van der Waals surface area (Å²) in [5, 5.41) is 6.54. The quantitative estimate of drug-likeness (QED) is 0.125. The van der Waals surface area contributed by atoms with Crippen LogP contribution in [-0.4, -0.2) is 35.0 Å². The summed E-state index contributed by atoms with van der Waals surface area (Å²) in [5.41, 5.74) is 2.79. The highest BCUT2D eigenvalue weighted by atomic mass is 16.5. The van der Waals surface area contributed by atoms with E-state index in [1.54, 1.807) is 12.1 Å². The largest absolute Gasteiger partial charge is 0.377 e. The second kappa shape index (κ2) is 17.6. The van der Waals surface area contributed by atoms with Crippen LogP contribution in [0.5, 0.6) is 0 Å². The first-order valence-corrected chi connectivity index (χ1v) is 14.8. The maximum Gasteiger partial charge on any atom is 0.225 e. The maximum atomic E-state index is 12.4. The van der Waals surface area contributed by atoms with Crippen LogP contribution in [-0.2, 0) is 32.3 Å². The fourth-order valence-electron chi connectivity index (χ4n) is 4.41. The third kappa shape index (κ3) is 11.4. The van der Waals surface area contributed by atoms with Gasteiger partial charge in [0.25, 0.3) is 0 Å². The molecule has 4 rings (SSSR count). The standard InChI is InChI=1S/C34H40N4O4/c39-32(17-9-3-11-23-41-25-27-13-5-1-6-14-27)35-30-21-19-29-20-22-31(38-34(29)37-30)36-33(40)18-10-4-12-24-42-26-28-15-7-2-8-16-28/h1-2,5-8,13-16,19-22H,3-4,9-12,17-18,23-26H2,(H2,35,36,37,38,39,40). The molecule has 0 spiro atoms. The van der Waals surface area contributed by atoms with Gasteiger partial charge in [-0.2, -0.15) is 0 Å². The van der Waals surface area contributed by atoms with Crippen LogP contribution in [0.2, 0.25) is 0 Å². The molecule has 0 atom stereocenters. The van der Waals surface area contributed by atoms with Gasteiger partial charge in [-0.25, -0.2) is 9.97 Å². The van der Waals surface area contributed by atoms with Crippen molar-refractivity contribution >= 4 is 34.5 Å². The molecule has 2 aromatic heterocycles. The summed E-state index contributed by atoms with van der Waals surface area (Å²) in [6.07, 6.45) is 6.06. The molecule has 0 saturated heterocycles. The molecular weight excluding hydrogens is 528 g/mol. The molecule has 0 fully saturated rings. The first-order valence-electron chi connectivity index (χ1n) is 14.8. The van der Waals surface area contributed by atoms with Crippen LogP contribution < -0.4 is 10.6 Å². The van der Waals surface area contributed by atoms with E-state index in [0.29, 0.717) is 56.6 Å². The molecule has 0 aliphatic heterocycles. The topological polar surface area (TPSA) is 102 Å². The van der Waals surface area contributed by atoms with Crippen molar-refractivity contribution in [2.45, 2.75) is 64.6 Å².